The van der Waals surface area contributed by atoms with Gasteiger partial charge in [0.25, 0.3) is 0 Å². The Labute approximate surface area is 125 Å². The molecule has 0 aliphatic heterocycles. The molecule has 0 bridgehead atoms. The maximum atomic E-state index is 11.1. The predicted octanol–water partition coefficient (Wildman–Crippen LogP) is 3.42. The molecule has 0 aliphatic carbocycles. The third-order valence-corrected chi connectivity index (χ3v) is 3.37. The van der Waals surface area contributed by atoms with E-state index in [1.54, 1.807) is 29.1 Å². The number of alkyl halides is 1. The number of amides is 1. The number of anilines is 1. The molecule has 4 nitrogen and oxygen atoms in total. The minimum Gasteiger partial charge on any atom is -0.322 e. The lowest BCUT2D eigenvalue weighted by molar-refractivity contribution is -0.113. The van der Waals surface area contributed by atoms with Crippen LogP contribution in [-0.2, 0) is 11.3 Å². The van der Waals surface area contributed by atoms with Gasteiger partial charge < -0.3 is 5.32 Å². The first-order valence-corrected chi connectivity index (χ1v) is 6.70. The Morgan fingerprint density at radius 2 is 2.00 bits per heavy atom. The van der Waals surface area contributed by atoms with E-state index in [9.17, 15) is 4.79 Å². The van der Waals surface area contributed by atoms with E-state index < -0.39 is 0 Å². The summed E-state index contributed by atoms with van der Waals surface area (Å²) in [5.41, 5.74) is 1.36. The summed E-state index contributed by atoms with van der Waals surface area (Å²) in [4.78, 5) is 11.1. The van der Waals surface area contributed by atoms with Crippen molar-refractivity contribution in [1.82, 2.24) is 9.78 Å². The van der Waals surface area contributed by atoms with Gasteiger partial charge in [-0.3, -0.25) is 9.48 Å². The molecule has 1 amide bonds. The van der Waals surface area contributed by atoms with E-state index in [2.05, 4.69) is 10.4 Å². The third-order valence-electron chi connectivity index (χ3n) is 2.42. The van der Waals surface area contributed by atoms with E-state index in [1.807, 2.05) is 0 Å². The van der Waals surface area contributed by atoms with Crippen molar-refractivity contribution in [3.05, 3.63) is 46.2 Å². The normalized spacial score (nSPS) is 10.5. The smallest absolute Gasteiger partial charge is 0.239 e. The summed E-state index contributed by atoms with van der Waals surface area (Å²) in [6.45, 7) is 0.426. The van der Waals surface area contributed by atoms with Gasteiger partial charge >= 0.3 is 0 Å². The topological polar surface area (TPSA) is 46.9 Å². The molecule has 19 heavy (non-hydrogen) atoms. The summed E-state index contributed by atoms with van der Waals surface area (Å²) in [6, 6.07) is 5.31. The first-order chi connectivity index (χ1) is 9.10. The number of aromatic nitrogens is 2. The molecule has 0 atom stereocenters. The molecule has 0 unspecified atom stereocenters. The zero-order chi connectivity index (χ0) is 13.8. The number of nitrogens with zero attached hydrogens (tertiary/aromatic N) is 2. The Hall–Kier alpha value is -1.23. The van der Waals surface area contributed by atoms with Gasteiger partial charge in [0.2, 0.25) is 5.91 Å². The van der Waals surface area contributed by atoms with Crippen LogP contribution in [0.2, 0.25) is 10.0 Å². The molecule has 0 radical (unpaired) electrons. The fourth-order valence-electron chi connectivity index (χ4n) is 1.55. The van der Waals surface area contributed by atoms with Crippen LogP contribution in [0.25, 0.3) is 0 Å². The first kappa shape index (κ1) is 14.2. The van der Waals surface area contributed by atoms with Gasteiger partial charge in [0.05, 0.1) is 18.4 Å². The molecule has 1 aromatic carbocycles. The van der Waals surface area contributed by atoms with E-state index in [0.29, 0.717) is 22.3 Å². The number of carbonyl (C=O) groups is 1. The van der Waals surface area contributed by atoms with Crippen molar-refractivity contribution in [2.75, 3.05) is 11.2 Å². The van der Waals surface area contributed by atoms with Crippen molar-refractivity contribution >= 4 is 46.4 Å². The van der Waals surface area contributed by atoms with Crippen molar-refractivity contribution in [3.8, 4) is 0 Å². The summed E-state index contributed by atoms with van der Waals surface area (Å²) >= 11 is 17.6. The molecule has 0 spiro atoms. The third kappa shape index (κ3) is 3.62. The van der Waals surface area contributed by atoms with Crippen molar-refractivity contribution in [2.24, 2.45) is 0 Å². The number of hydrogen-bond donors (Lipinski definition) is 1. The second-order valence-corrected chi connectivity index (χ2v) is 4.89. The van der Waals surface area contributed by atoms with Gasteiger partial charge in [0.15, 0.2) is 0 Å². The lowest BCUT2D eigenvalue weighted by Crippen LogP contribution is -2.11. The van der Waals surface area contributed by atoms with Gasteiger partial charge in [-0.2, -0.15) is 5.10 Å². The highest BCUT2D eigenvalue weighted by molar-refractivity contribution is 6.36. The average Bonchev–Trinajstić information content (AvgIpc) is 2.81. The fraction of sp³-hybridized carbons (Fsp3) is 0.167. The van der Waals surface area contributed by atoms with E-state index >= 15 is 0 Å². The lowest BCUT2D eigenvalue weighted by atomic mass is 10.2. The zero-order valence-electron chi connectivity index (χ0n) is 9.74. The molecule has 100 valence electrons. The lowest BCUT2D eigenvalue weighted by Gasteiger charge is -2.06. The van der Waals surface area contributed by atoms with E-state index in [-0.39, 0.29) is 11.8 Å². The Morgan fingerprint density at radius 3 is 2.63 bits per heavy atom. The highest BCUT2D eigenvalue weighted by atomic mass is 35.5. The fourth-order valence-corrected chi connectivity index (χ4v) is 2.14. The maximum absolute atomic E-state index is 11.1. The molecule has 2 rings (SSSR count). The van der Waals surface area contributed by atoms with Crippen LogP contribution in [0.1, 0.15) is 5.56 Å². The molecular weight excluding hydrogens is 309 g/mol. The van der Waals surface area contributed by atoms with Crippen LogP contribution < -0.4 is 5.32 Å². The van der Waals surface area contributed by atoms with Gasteiger partial charge in [-0.1, -0.05) is 29.3 Å². The first-order valence-electron chi connectivity index (χ1n) is 5.41. The quantitative estimate of drug-likeness (QED) is 0.878. The number of halogens is 3. The molecule has 1 aromatic heterocycles. The summed E-state index contributed by atoms with van der Waals surface area (Å²) in [5.74, 6) is -0.376. The molecule has 1 N–H and O–H groups in total. The Bertz CT molecular complexity index is 577. The summed E-state index contributed by atoms with van der Waals surface area (Å²) in [7, 11) is 0. The Morgan fingerprint density at radius 1 is 1.32 bits per heavy atom. The van der Waals surface area contributed by atoms with E-state index in [0.717, 1.165) is 5.56 Å². The van der Waals surface area contributed by atoms with Crippen LogP contribution in [0.3, 0.4) is 0 Å². The van der Waals surface area contributed by atoms with Crippen molar-refractivity contribution in [1.29, 1.82) is 0 Å². The minimum absolute atomic E-state index is 0.0957. The van der Waals surface area contributed by atoms with Crippen molar-refractivity contribution in [3.63, 3.8) is 0 Å². The largest absolute Gasteiger partial charge is 0.322 e. The molecule has 7 heteroatoms. The maximum Gasteiger partial charge on any atom is 0.239 e. The number of nitrogens with one attached hydrogen (secondary N) is 1. The van der Waals surface area contributed by atoms with E-state index in [1.165, 1.54) is 6.20 Å². The van der Waals surface area contributed by atoms with Gasteiger partial charge in [-0.15, -0.1) is 11.6 Å². The minimum atomic E-state index is -0.281. The molecule has 2 aromatic rings. The molecule has 1 heterocycles. The van der Waals surface area contributed by atoms with Gasteiger partial charge in [-0.05, 0) is 12.1 Å². The molecule has 0 saturated heterocycles. The number of carbonyl (C=O) groups excluding carboxylic acids is 1. The van der Waals surface area contributed by atoms with E-state index in [4.69, 9.17) is 34.8 Å². The van der Waals surface area contributed by atoms with Crippen molar-refractivity contribution < 1.29 is 4.79 Å². The van der Waals surface area contributed by atoms with Crippen LogP contribution in [-0.4, -0.2) is 21.6 Å². The van der Waals surface area contributed by atoms with Crippen LogP contribution in [0.15, 0.2) is 30.6 Å². The molecule has 0 fully saturated rings. The van der Waals surface area contributed by atoms with Crippen LogP contribution in [0, 0.1) is 0 Å². The standard InChI is InChI=1S/C12H10Cl3N3O/c13-4-12(19)17-8-5-16-18(6-8)7-9-10(14)2-1-3-11(9)15/h1-3,5-6H,4,7H2,(H,17,19). The number of benzene rings is 1. The number of rotatable bonds is 4. The van der Waals surface area contributed by atoms with Crippen LogP contribution in [0.5, 0.6) is 0 Å². The average molecular weight is 319 g/mol. The Kier molecular flexibility index (Phi) is 4.69. The monoisotopic (exact) mass is 317 g/mol. The second kappa shape index (κ2) is 6.28. The second-order valence-electron chi connectivity index (χ2n) is 3.81. The van der Waals surface area contributed by atoms with Gasteiger partial charge in [-0.25, -0.2) is 0 Å². The summed E-state index contributed by atoms with van der Waals surface area (Å²) < 4.78 is 1.64. The highest BCUT2D eigenvalue weighted by Gasteiger charge is 2.08. The Balaban J connectivity index is 2.14. The highest BCUT2D eigenvalue weighted by Crippen LogP contribution is 2.25. The van der Waals surface area contributed by atoms with Gasteiger partial charge in [0.1, 0.15) is 5.88 Å². The van der Waals surface area contributed by atoms with Crippen LogP contribution in [0.4, 0.5) is 5.69 Å². The summed E-state index contributed by atoms with van der Waals surface area (Å²) in [5, 5.41) is 7.89. The molecule has 0 saturated carbocycles. The zero-order valence-corrected chi connectivity index (χ0v) is 12.0. The van der Waals surface area contributed by atoms with Gasteiger partial charge in [0, 0.05) is 21.8 Å². The summed E-state index contributed by atoms with van der Waals surface area (Å²) in [6.07, 6.45) is 3.22. The SMILES string of the molecule is O=C(CCl)Nc1cnn(Cc2c(Cl)cccc2Cl)c1. The molecule has 0 aliphatic rings. The van der Waals surface area contributed by atoms with Crippen molar-refractivity contribution in [2.45, 2.75) is 6.54 Å². The van der Waals surface area contributed by atoms with Crippen LogP contribution >= 0.6 is 34.8 Å². The number of hydrogen-bond acceptors (Lipinski definition) is 2. The molecular formula is C12H10Cl3N3O. The predicted molar refractivity (Wildman–Crippen MR) is 77.1 cm³/mol.